The molecular formula is C12H13BrN2S. The Hall–Kier alpha value is -0.710. The summed E-state index contributed by atoms with van der Waals surface area (Å²) in [5.74, 6) is 0. The molecule has 0 saturated heterocycles. The molecule has 2 aromatic rings. The van der Waals surface area contributed by atoms with Crippen LogP contribution >= 0.6 is 27.3 Å². The van der Waals surface area contributed by atoms with Gasteiger partial charge in [-0.25, -0.2) is 0 Å². The van der Waals surface area contributed by atoms with Gasteiger partial charge in [0, 0.05) is 22.2 Å². The molecule has 2 aromatic heterocycles. The zero-order valence-corrected chi connectivity index (χ0v) is 11.6. The maximum atomic E-state index is 4.24. The molecule has 0 aliphatic rings. The summed E-state index contributed by atoms with van der Waals surface area (Å²) in [6.45, 7) is 2.06. The molecule has 0 fully saturated rings. The number of nitrogens with one attached hydrogen (secondary N) is 1. The number of aryl methyl sites for hydroxylation is 1. The minimum absolute atomic E-state index is 0.202. The van der Waals surface area contributed by atoms with E-state index in [1.165, 1.54) is 16.7 Å². The highest BCUT2D eigenvalue weighted by Crippen LogP contribution is 2.31. The van der Waals surface area contributed by atoms with Gasteiger partial charge < -0.3 is 5.32 Å². The molecule has 0 bridgehead atoms. The lowest BCUT2D eigenvalue weighted by Crippen LogP contribution is -2.17. The first-order chi connectivity index (χ1) is 7.72. The molecule has 16 heavy (non-hydrogen) atoms. The van der Waals surface area contributed by atoms with Crippen molar-refractivity contribution in [3.8, 4) is 0 Å². The first-order valence-electron chi connectivity index (χ1n) is 5.02. The van der Waals surface area contributed by atoms with E-state index in [4.69, 9.17) is 0 Å². The number of nitrogens with zero attached hydrogens (tertiary/aromatic N) is 1. The highest BCUT2D eigenvalue weighted by molar-refractivity contribution is 9.10. The van der Waals surface area contributed by atoms with Gasteiger partial charge in [-0.05, 0) is 52.0 Å². The summed E-state index contributed by atoms with van der Waals surface area (Å²) < 4.78 is 1.15. The van der Waals surface area contributed by atoms with Gasteiger partial charge in [-0.2, -0.15) is 11.3 Å². The van der Waals surface area contributed by atoms with Crippen molar-refractivity contribution >= 4 is 27.3 Å². The summed E-state index contributed by atoms with van der Waals surface area (Å²) >= 11 is 5.28. The second-order valence-electron chi connectivity index (χ2n) is 3.69. The van der Waals surface area contributed by atoms with Crippen molar-refractivity contribution in [3.05, 3.63) is 50.4 Å². The first-order valence-corrected chi connectivity index (χ1v) is 6.76. The summed E-state index contributed by atoms with van der Waals surface area (Å²) in [5, 5.41) is 7.59. The summed E-state index contributed by atoms with van der Waals surface area (Å²) in [7, 11) is 1.97. The van der Waals surface area contributed by atoms with E-state index >= 15 is 0 Å². The third kappa shape index (κ3) is 2.34. The number of hydrogen-bond donors (Lipinski definition) is 1. The number of halogens is 1. The Bertz CT molecular complexity index is 481. The lowest BCUT2D eigenvalue weighted by atomic mass is 10.0. The molecule has 2 nitrogen and oxygen atoms in total. The van der Waals surface area contributed by atoms with E-state index in [0.717, 1.165) is 4.47 Å². The molecule has 0 spiro atoms. The van der Waals surface area contributed by atoms with Crippen molar-refractivity contribution in [2.75, 3.05) is 7.05 Å². The maximum absolute atomic E-state index is 4.24. The van der Waals surface area contributed by atoms with Crippen LogP contribution in [-0.4, -0.2) is 12.0 Å². The standard InChI is InChI=1S/C12H13BrN2S/c1-8-3-9(5-15-4-8)12(14-2)10-6-16-7-11(10)13/h3-7,12,14H,1-2H3. The smallest absolute Gasteiger partial charge is 0.0609 e. The zero-order valence-electron chi connectivity index (χ0n) is 9.20. The van der Waals surface area contributed by atoms with Crippen LogP contribution in [0.1, 0.15) is 22.7 Å². The molecule has 1 atom stereocenters. The van der Waals surface area contributed by atoms with Crippen LogP contribution in [0.3, 0.4) is 0 Å². The second kappa shape index (κ2) is 5.08. The molecule has 2 rings (SSSR count). The Balaban J connectivity index is 2.40. The van der Waals surface area contributed by atoms with Crippen LogP contribution < -0.4 is 5.32 Å². The van der Waals surface area contributed by atoms with Crippen molar-refractivity contribution in [2.24, 2.45) is 0 Å². The van der Waals surface area contributed by atoms with Gasteiger partial charge in [-0.1, -0.05) is 6.07 Å². The van der Waals surface area contributed by atoms with Crippen LogP contribution in [0, 0.1) is 6.92 Å². The summed E-state index contributed by atoms with van der Waals surface area (Å²) in [4.78, 5) is 4.24. The Labute approximate surface area is 108 Å². The molecule has 0 amide bonds. The topological polar surface area (TPSA) is 24.9 Å². The van der Waals surface area contributed by atoms with Crippen molar-refractivity contribution in [2.45, 2.75) is 13.0 Å². The molecule has 0 aliphatic carbocycles. The minimum atomic E-state index is 0.202. The highest BCUT2D eigenvalue weighted by Gasteiger charge is 2.15. The Morgan fingerprint density at radius 3 is 2.75 bits per heavy atom. The van der Waals surface area contributed by atoms with Crippen LogP contribution in [0.15, 0.2) is 33.7 Å². The van der Waals surface area contributed by atoms with Crippen LogP contribution in [-0.2, 0) is 0 Å². The molecule has 0 aromatic carbocycles. The molecule has 4 heteroatoms. The van der Waals surface area contributed by atoms with E-state index < -0.39 is 0 Å². The average molecular weight is 297 g/mol. The van der Waals surface area contributed by atoms with Gasteiger partial charge in [0.2, 0.25) is 0 Å². The van der Waals surface area contributed by atoms with E-state index in [2.05, 4.69) is 50.0 Å². The molecular weight excluding hydrogens is 284 g/mol. The lowest BCUT2D eigenvalue weighted by molar-refractivity contribution is 0.688. The number of hydrogen-bond acceptors (Lipinski definition) is 3. The quantitative estimate of drug-likeness (QED) is 0.937. The fourth-order valence-electron chi connectivity index (χ4n) is 1.74. The van der Waals surface area contributed by atoms with Crippen molar-refractivity contribution in [1.29, 1.82) is 0 Å². The van der Waals surface area contributed by atoms with Gasteiger partial charge >= 0.3 is 0 Å². The van der Waals surface area contributed by atoms with Gasteiger partial charge in [0.15, 0.2) is 0 Å². The predicted octanol–water partition coefficient (Wildman–Crippen LogP) is 3.52. The van der Waals surface area contributed by atoms with Crippen molar-refractivity contribution < 1.29 is 0 Å². The van der Waals surface area contributed by atoms with Gasteiger partial charge in [0.25, 0.3) is 0 Å². The number of thiophene rings is 1. The second-order valence-corrected chi connectivity index (χ2v) is 5.29. The van der Waals surface area contributed by atoms with E-state index in [9.17, 15) is 0 Å². The number of rotatable bonds is 3. The average Bonchev–Trinajstić information content (AvgIpc) is 2.67. The van der Waals surface area contributed by atoms with E-state index in [-0.39, 0.29) is 6.04 Å². The van der Waals surface area contributed by atoms with Gasteiger partial charge in [-0.15, -0.1) is 0 Å². The van der Waals surface area contributed by atoms with Gasteiger partial charge in [0.1, 0.15) is 0 Å². The molecule has 0 radical (unpaired) electrons. The van der Waals surface area contributed by atoms with Crippen LogP contribution in [0.4, 0.5) is 0 Å². The molecule has 2 heterocycles. The van der Waals surface area contributed by atoms with E-state index in [1.54, 1.807) is 11.3 Å². The highest BCUT2D eigenvalue weighted by atomic mass is 79.9. The predicted molar refractivity (Wildman–Crippen MR) is 71.9 cm³/mol. The van der Waals surface area contributed by atoms with Gasteiger partial charge in [0.05, 0.1) is 6.04 Å². The SMILES string of the molecule is CNC(c1cncc(C)c1)c1cscc1Br. The van der Waals surface area contributed by atoms with Crippen LogP contribution in [0.5, 0.6) is 0 Å². The lowest BCUT2D eigenvalue weighted by Gasteiger charge is -2.16. The van der Waals surface area contributed by atoms with Crippen LogP contribution in [0.25, 0.3) is 0 Å². The molecule has 1 unspecified atom stereocenters. The van der Waals surface area contributed by atoms with Crippen molar-refractivity contribution in [3.63, 3.8) is 0 Å². The molecule has 84 valence electrons. The molecule has 0 aliphatic heterocycles. The zero-order chi connectivity index (χ0) is 11.5. The minimum Gasteiger partial charge on any atom is -0.309 e. The maximum Gasteiger partial charge on any atom is 0.0609 e. The van der Waals surface area contributed by atoms with E-state index in [0.29, 0.717) is 0 Å². The number of pyridine rings is 1. The largest absolute Gasteiger partial charge is 0.309 e. The Morgan fingerprint density at radius 2 is 2.19 bits per heavy atom. The normalized spacial score (nSPS) is 12.7. The first kappa shape index (κ1) is 11.8. The molecule has 1 N–H and O–H groups in total. The summed E-state index contributed by atoms with van der Waals surface area (Å²) in [6.07, 6.45) is 3.79. The Kier molecular flexibility index (Phi) is 3.74. The van der Waals surface area contributed by atoms with Crippen molar-refractivity contribution in [1.82, 2.24) is 10.3 Å². The Morgan fingerprint density at radius 1 is 1.38 bits per heavy atom. The number of aromatic nitrogens is 1. The van der Waals surface area contributed by atoms with E-state index in [1.807, 2.05) is 19.4 Å². The molecule has 0 saturated carbocycles. The third-order valence-corrected chi connectivity index (χ3v) is 4.22. The monoisotopic (exact) mass is 296 g/mol. The van der Waals surface area contributed by atoms with Gasteiger partial charge in [-0.3, -0.25) is 4.98 Å². The third-order valence-electron chi connectivity index (χ3n) is 2.47. The van der Waals surface area contributed by atoms with Crippen LogP contribution in [0.2, 0.25) is 0 Å². The summed E-state index contributed by atoms with van der Waals surface area (Å²) in [6, 6.07) is 2.37. The fraction of sp³-hybridized carbons (Fsp3) is 0.250. The summed E-state index contributed by atoms with van der Waals surface area (Å²) in [5.41, 5.74) is 3.64. The fourth-order valence-corrected chi connectivity index (χ4v) is 3.29.